The van der Waals surface area contributed by atoms with Crippen LogP contribution in [0.2, 0.25) is 15.1 Å². The summed E-state index contributed by atoms with van der Waals surface area (Å²) in [7, 11) is 1.30. The molecule has 4 nitrogen and oxygen atoms in total. The second-order valence-electron chi connectivity index (χ2n) is 5.59. The molecule has 0 spiro atoms. The van der Waals surface area contributed by atoms with Crippen molar-refractivity contribution in [2.24, 2.45) is 0 Å². The molecule has 8 heteroatoms. The normalized spacial score (nSPS) is 19.5. The average Bonchev–Trinajstić information content (AvgIpc) is 3.08. The molecule has 0 bridgehead atoms. The SMILES string of the molecule is COC(=O)C1CSC(c2ccc(Cl)c(Cl)c2)N1C(=O)c1ccccc1Cl. The standard InChI is InChI=1S/C18H14Cl3NO3S/c1-25-18(24)15-9-26-17(10-6-7-13(20)14(21)8-10)22(15)16(23)11-4-2-3-5-12(11)19/h2-8,15,17H,9H2,1H3. The minimum Gasteiger partial charge on any atom is -0.467 e. The number of carbonyl (C=O) groups is 2. The summed E-state index contributed by atoms with van der Waals surface area (Å²) in [5, 5.41) is 0.729. The third kappa shape index (κ3) is 3.67. The summed E-state index contributed by atoms with van der Waals surface area (Å²) in [6, 6.07) is 11.2. The van der Waals surface area contributed by atoms with Gasteiger partial charge in [-0.3, -0.25) is 4.79 Å². The van der Waals surface area contributed by atoms with Crippen molar-refractivity contribution in [2.75, 3.05) is 12.9 Å². The maximum atomic E-state index is 13.2. The number of esters is 1. The molecule has 26 heavy (non-hydrogen) atoms. The van der Waals surface area contributed by atoms with Crippen molar-refractivity contribution in [3.8, 4) is 0 Å². The van der Waals surface area contributed by atoms with Crippen LogP contribution in [-0.4, -0.2) is 35.7 Å². The fraction of sp³-hybridized carbons (Fsp3) is 0.222. The van der Waals surface area contributed by atoms with Gasteiger partial charge in [0.1, 0.15) is 11.4 Å². The second kappa shape index (κ2) is 8.09. The third-order valence-corrected chi connectivity index (χ3v) is 6.43. The highest BCUT2D eigenvalue weighted by molar-refractivity contribution is 7.99. The molecule has 3 rings (SSSR count). The van der Waals surface area contributed by atoms with Crippen LogP contribution in [0.25, 0.3) is 0 Å². The van der Waals surface area contributed by atoms with E-state index in [9.17, 15) is 9.59 Å². The Morgan fingerprint density at radius 1 is 1.08 bits per heavy atom. The van der Waals surface area contributed by atoms with Crippen LogP contribution >= 0.6 is 46.6 Å². The summed E-state index contributed by atoms with van der Waals surface area (Å²) in [6.07, 6.45) is 0. The number of amides is 1. The Hall–Kier alpha value is -1.40. The Morgan fingerprint density at radius 3 is 2.46 bits per heavy atom. The van der Waals surface area contributed by atoms with Gasteiger partial charge >= 0.3 is 5.97 Å². The molecule has 0 radical (unpaired) electrons. The number of halogens is 3. The van der Waals surface area contributed by atoms with Gasteiger partial charge < -0.3 is 9.64 Å². The van der Waals surface area contributed by atoms with Gasteiger partial charge in [0.25, 0.3) is 5.91 Å². The molecule has 1 amide bonds. The van der Waals surface area contributed by atoms with Crippen molar-refractivity contribution in [1.82, 2.24) is 4.90 Å². The Balaban J connectivity index is 2.03. The molecule has 0 aliphatic carbocycles. The number of hydrogen-bond donors (Lipinski definition) is 0. The molecule has 2 aromatic rings. The van der Waals surface area contributed by atoms with Crippen LogP contribution in [0.1, 0.15) is 21.3 Å². The Morgan fingerprint density at radius 2 is 1.81 bits per heavy atom. The van der Waals surface area contributed by atoms with Gasteiger partial charge in [0.2, 0.25) is 0 Å². The number of rotatable bonds is 3. The summed E-state index contributed by atoms with van der Waals surface area (Å²) in [5.74, 6) is -0.402. The topological polar surface area (TPSA) is 46.6 Å². The predicted octanol–water partition coefficient (Wildman–Crippen LogP) is 5.08. The molecule has 2 atom stereocenters. The van der Waals surface area contributed by atoms with E-state index in [-0.39, 0.29) is 5.91 Å². The molecule has 1 aliphatic rings. The number of nitrogens with zero attached hydrogens (tertiary/aromatic N) is 1. The number of methoxy groups -OCH3 is 1. The van der Waals surface area contributed by atoms with E-state index in [4.69, 9.17) is 39.5 Å². The van der Waals surface area contributed by atoms with Crippen molar-refractivity contribution in [1.29, 1.82) is 0 Å². The van der Waals surface area contributed by atoms with Crippen LogP contribution in [0.3, 0.4) is 0 Å². The molecule has 2 unspecified atom stereocenters. The number of hydrogen-bond acceptors (Lipinski definition) is 4. The fourth-order valence-electron chi connectivity index (χ4n) is 2.77. The molecule has 0 saturated carbocycles. The summed E-state index contributed by atoms with van der Waals surface area (Å²) in [4.78, 5) is 26.9. The second-order valence-corrected chi connectivity index (χ2v) is 7.93. The van der Waals surface area contributed by atoms with E-state index in [1.807, 2.05) is 0 Å². The molecule has 0 N–H and O–H groups in total. The Bertz CT molecular complexity index is 861. The predicted molar refractivity (Wildman–Crippen MR) is 105 cm³/mol. The Labute approximate surface area is 170 Å². The average molecular weight is 431 g/mol. The lowest BCUT2D eigenvalue weighted by molar-refractivity contribution is -0.145. The third-order valence-electron chi connectivity index (χ3n) is 4.04. The van der Waals surface area contributed by atoms with Crippen LogP contribution in [0, 0.1) is 0 Å². The fourth-order valence-corrected chi connectivity index (χ4v) is 4.70. The van der Waals surface area contributed by atoms with Crippen molar-refractivity contribution in [2.45, 2.75) is 11.4 Å². The lowest BCUT2D eigenvalue weighted by atomic mass is 10.1. The molecular weight excluding hydrogens is 417 g/mol. The van der Waals surface area contributed by atoms with E-state index in [2.05, 4.69) is 0 Å². The van der Waals surface area contributed by atoms with Gasteiger partial charge in [-0.1, -0.05) is 53.0 Å². The number of thioether (sulfide) groups is 1. The highest BCUT2D eigenvalue weighted by Crippen LogP contribution is 2.44. The van der Waals surface area contributed by atoms with Crippen LogP contribution in [0.4, 0.5) is 0 Å². The Kier molecular flexibility index (Phi) is 6.03. The van der Waals surface area contributed by atoms with Gasteiger partial charge in [0.15, 0.2) is 0 Å². The van der Waals surface area contributed by atoms with E-state index < -0.39 is 17.4 Å². The highest BCUT2D eigenvalue weighted by atomic mass is 35.5. The molecule has 1 aliphatic heterocycles. The lowest BCUT2D eigenvalue weighted by Crippen LogP contribution is -2.43. The highest BCUT2D eigenvalue weighted by Gasteiger charge is 2.43. The van der Waals surface area contributed by atoms with Gasteiger partial charge in [-0.2, -0.15) is 0 Å². The zero-order valence-electron chi connectivity index (χ0n) is 13.6. The first-order valence-corrected chi connectivity index (χ1v) is 9.84. The minimum absolute atomic E-state index is 0.325. The van der Waals surface area contributed by atoms with Gasteiger partial charge in [0, 0.05) is 5.75 Å². The van der Waals surface area contributed by atoms with E-state index in [1.54, 1.807) is 42.5 Å². The van der Waals surface area contributed by atoms with Crippen molar-refractivity contribution >= 4 is 58.4 Å². The van der Waals surface area contributed by atoms with Gasteiger partial charge in [-0.15, -0.1) is 11.8 Å². The van der Waals surface area contributed by atoms with E-state index in [0.717, 1.165) is 5.56 Å². The van der Waals surface area contributed by atoms with Crippen LogP contribution in [-0.2, 0) is 9.53 Å². The number of ether oxygens (including phenoxy) is 1. The van der Waals surface area contributed by atoms with Crippen molar-refractivity contribution < 1.29 is 14.3 Å². The van der Waals surface area contributed by atoms with Gasteiger partial charge in [-0.25, -0.2) is 4.79 Å². The summed E-state index contributed by atoms with van der Waals surface area (Å²) in [5.41, 5.74) is 1.10. The van der Waals surface area contributed by atoms with E-state index in [1.165, 1.54) is 23.8 Å². The zero-order valence-corrected chi connectivity index (χ0v) is 16.7. The molecule has 2 aromatic carbocycles. The first kappa shape index (κ1) is 19.4. The zero-order chi connectivity index (χ0) is 18.8. The number of benzene rings is 2. The molecular formula is C18H14Cl3NO3S. The minimum atomic E-state index is -0.715. The summed E-state index contributed by atoms with van der Waals surface area (Å²) < 4.78 is 4.88. The number of carbonyl (C=O) groups excluding carboxylic acids is 2. The summed E-state index contributed by atoms with van der Waals surface area (Å²) >= 11 is 19.8. The van der Waals surface area contributed by atoms with Crippen LogP contribution < -0.4 is 0 Å². The smallest absolute Gasteiger partial charge is 0.329 e. The summed E-state index contributed by atoms with van der Waals surface area (Å²) in [6.45, 7) is 0. The lowest BCUT2D eigenvalue weighted by Gasteiger charge is -2.28. The first-order chi connectivity index (χ1) is 12.4. The molecule has 0 aromatic heterocycles. The maximum Gasteiger partial charge on any atom is 0.329 e. The first-order valence-electron chi connectivity index (χ1n) is 7.65. The van der Waals surface area contributed by atoms with Gasteiger partial charge in [0.05, 0.1) is 27.7 Å². The van der Waals surface area contributed by atoms with Crippen LogP contribution in [0.15, 0.2) is 42.5 Å². The van der Waals surface area contributed by atoms with Crippen molar-refractivity contribution in [3.05, 3.63) is 68.7 Å². The molecule has 1 fully saturated rings. The molecule has 136 valence electrons. The van der Waals surface area contributed by atoms with Crippen LogP contribution in [0.5, 0.6) is 0 Å². The molecule has 1 saturated heterocycles. The van der Waals surface area contributed by atoms with E-state index >= 15 is 0 Å². The monoisotopic (exact) mass is 429 g/mol. The van der Waals surface area contributed by atoms with Crippen molar-refractivity contribution in [3.63, 3.8) is 0 Å². The maximum absolute atomic E-state index is 13.2. The largest absolute Gasteiger partial charge is 0.467 e. The quantitative estimate of drug-likeness (QED) is 0.637. The molecule has 1 heterocycles. The van der Waals surface area contributed by atoms with E-state index in [0.29, 0.717) is 26.4 Å². The van der Waals surface area contributed by atoms with Gasteiger partial charge in [-0.05, 0) is 29.8 Å².